The summed E-state index contributed by atoms with van der Waals surface area (Å²) in [6.45, 7) is 1.94. The Morgan fingerprint density at radius 3 is 2.48 bits per heavy atom. The molecule has 2 aromatic carbocycles. The number of halogens is 2. The van der Waals surface area contributed by atoms with Gasteiger partial charge in [-0.1, -0.05) is 23.7 Å². The van der Waals surface area contributed by atoms with Crippen molar-refractivity contribution in [2.75, 3.05) is 10.7 Å². The van der Waals surface area contributed by atoms with Gasteiger partial charge in [0.2, 0.25) is 11.3 Å². The fourth-order valence-corrected chi connectivity index (χ4v) is 3.13. The molecule has 164 valence electrons. The molecule has 0 aliphatic carbocycles. The van der Waals surface area contributed by atoms with Gasteiger partial charge < -0.3 is 9.73 Å². The highest BCUT2D eigenvalue weighted by Crippen LogP contribution is 2.27. The third-order valence-electron chi connectivity index (χ3n) is 4.67. The number of hydrogen-bond donors (Lipinski definition) is 2. The molecule has 3 aromatic heterocycles. The highest BCUT2D eigenvalue weighted by molar-refractivity contribution is 6.31. The van der Waals surface area contributed by atoms with E-state index < -0.39 is 0 Å². The van der Waals surface area contributed by atoms with E-state index >= 15 is 0 Å². The first kappa shape index (κ1) is 20.6. The van der Waals surface area contributed by atoms with Gasteiger partial charge in [-0.2, -0.15) is 10.1 Å². The number of furan rings is 1. The van der Waals surface area contributed by atoms with Crippen molar-refractivity contribution in [2.45, 2.75) is 6.92 Å². The molecule has 0 bridgehead atoms. The van der Waals surface area contributed by atoms with Crippen LogP contribution in [0.3, 0.4) is 0 Å². The molecule has 0 aliphatic rings. The quantitative estimate of drug-likeness (QED) is 0.248. The molecule has 0 saturated carbocycles. The summed E-state index contributed by atoms with van der Waals surface area (Å²) in [6.07, 6.45) is 1.49. The average molecular weight is 464 g/mol. The van der Waals surface area contributed by atoms with Gasteiger partial charge >= 0.3 is 0 Å². The van der Waals surface area contributed by atoms with Gasteiger partial charge in [0.1, 0.15) is 17.3 Å². The molecule has 0 spiro atoms. The van der Waals surface area contributed by atoms with E-state index in [1.807, 2.05) is 31.2 Å². The number of nitrogens with one attached hydrogen (secondary N) is 2. The molecule has 0 atom stereocenters. The number of benzene rings is 2. The Morgan fingerprint density at radius 1 is 0.970 bits per heavy atom. The summed E-state index contributed by atoms with van der Waals surface area (Å²) in [5.74, 6) is 1.38. The second-order valence-corrected chi connectivity index (χ2v) is 7.41. The number of aromatic nitrogens is 4. The van der Waals surface area contributed by atoms with E-state index in [1.165, 1.54) is 18.3 Å². The maximum atomic E-state index is 13.2. The van der Waals surface area contributed by atoms with E-state index in [2.05, 4.69) is 40.8 Å². The van der Waals surface area contributed by atoms with Crippen molar-refractivity contribution in [3.8, 4) is 11.3 Å². The van der Waals surface area contributed by atoms with Crippen LogP contribution >= 0.6 is 11.6 Å². The smallest absolute Gasteiger partial charge is 0.245 e. The molecule has 0 radical (unpaired) electrons. The van der Waals surface area contributed by atoms with Gasteiger partial charge in [-0.05, 0) is 65.3 Å². The lowest BCUT2D eigenvalue weighted by molar-refractivity contribution is 0.314. The van der Waals surface area contributed by atoms with Crippen LogP contribution in [0.4, 0.5) is 21.7 Å². The molecule has 2 N–H and O–H groups in total. The first-order valence-electron chi connectivity index (χ1n) is 9.73. The second-order valence-electron chi connectivity index (χ2n) is 7.00. The summed E-state index contributed by atoms with van der Waals surface area (Å²) in [4.78, 5) is 8.64. The molecular formula is C22H15ClFN7O2. The number of fused-ring (bicyclic) bond motifs is 1. The lowest BCUT2D eigenvalue weighted by Gasteiger charge is -2.09. The van der Waals surface area contributed by atoms with Gasteiger partial charge in [0.15, 0.2) is 11.6 Å². The van der Waals surface area contributed by atoms with E-state index in [9.17, 15) is 4.39 Å². The predicted octanol–water partition coefficient (Wildman–Crippen LogP) is 5.56. The molecule has 0 unspecified atom stereocenters. The third-order valence-corrected chi connectivity index (χ3v) is 5.07. The van der Waals surface area contributed by atoms with Crippen molar-refractivity contribution in [1.29, 1.82) is 0 Å². The van der Waals surface area contributed by atoms with Crippen molar-refractivity contribution >= 4 is 46.4 Å². The monoisotopic (exact) mass is 463 g/mol. The molecule has 5 rings (SSSR count). The minimum Gasteiger partial charge on any atom is -0.455 e. The van der Waals surface area contributed by atoms with Crippen LogP contribution in [0.1, 0.15) is 11.3 Å². The Kier molecular flexibility index (Phi) is 5.41. The summed E-state index contributed by atoms with van der Waals surface area (Å²) in [7, 11) is 0. The molecule has 0 fully saturated rings. The van der Waals surface area contributed by atoms with Crippen LogP contribution in [0.2, 0.25) is 5.02 Å². The predicted molar refractivity (Wildman–Crippen MR) is 122 cm³/mol. The first-order valence-corrected chi connectivity index (χ1v) is 10.1. The van der Waals surface area contributed by atoms with Crippen LogP contribution in [-0.2, 0) is 0 Å². The minimum atomic E-state index is -0.350. The van der Waals surface area contributed by atoms with Crippen molar-refractivity contribution in [1.82, 2.24) is 20.3 Å². The first-order chi connectivity index (χ1) is 16.0. The second kappa shape index (κ2) is 8.67. The lowest BCUT2D eigenvalue weighted by atomic mass is 10.1. The van der Waals surface area contributed by atoms with E-state index in [0.717, 1.165) is 11.1 Å². The van der Waals surface area contributed by atoms with Gasteiger partial charge in [0.05, 0.1) is 6.21 Å². The van der Waals surface area contributed by atoms with Crippen LogP contribution in [0.5, 0.6) is 0 Å². The van der Waals surface area contributed by atoms with Crippen LogP contribution < -0.4 is 10.7 Å². The van der Waals surface area contributed by atoms with Gasteiger partial charge in [-0.3, -0.25) is 5.43 Å². The summed E-state index contributed by atoms with van der Waals surface area (Å²) < 4.78 is 23.7. The number of hydrazone groups is 1. The Labute approximate surface area is 191 Å². The number of aryl methyl sites for hydroxylation is 1. The zero-order chi connectivity index (χ0) is 22.8. The molecule has 5 aromatic rings. The van der Waals surface area contributed by atoms with Gasteiger partial charge in [-0.15, -0.1) is 0 Å². The Hall–Kier alpha value is -4.31. The van der Waals surface area contributed by atoms with Crippen LogP contribution in [0, 0.1) is 12.7 Å². The molecule has 3 heterocycles. The van der Waals surface area contributed by atoms with E-state index in [0.29, 0.717) is 28.0 Å². The zero-order valence-electron chi connectivity index (χ0n) is 17.1. The summed E-state index contributed by atoms with van der Waals surface area (Å²) in [5, 5.41) is 15.3. The molecule has 9 nitrogen and oxygen atoms in total. The van der Waals surface area contributed by atoms with Crippen molar-refractivity contribution in [3.63, 3.8) is 0 Å². The zero-order valence-corrected chi connectivity index (χ0v) is 17.8. The molecule has 0 aliphatic heterocycles. The topological polar surface area (TPSA) is 114 Å². The SMILES string of the molecule is Cc1ccc(-c2ccc(C=NNc3nc4nonc4nc3Nc3ccc(F)cc3)o2)cc1Cl. The Bertz CT molecular complexity index is 1460. The standard InChI is InChI=1S/C22H15ClFN7O2/c1-12-2-3-13(10-17(12)23)18-9-8-16(32-18)11-25-29-20-19(26-15-6-4-14(24)5-7-15)27-21-22(28-20)31-33-30-21/h2-11H,1H3,(H,26,27,30)(H,28,29,31). The molecule has 0 amide bonds. The van der Waals surface area contributed by atoms with Crippen molar-refractivity contribution in [2.24, 2.45) is 5.10 Å². The highest BCUT2D eigenvalue weighted by Gasteiger charge is 2.13. The Morgan fingerprint density at radius 2 is 1.73 bits per heavy atom. The number of hydrogen-bond acceptors (Lipinski definition) is 9. The number of nitrogens with zero attached hydrogens (tertiary/aromatic N) is 5. The maximum absolute atomic E-state index is 13.2. The highest BCUT2D eigenvalue weighted by atomic mass is 35.5. The van der Waals surface area contributed by atoms with Crippen LogP contribution in [0.15, 0.2) is 68.7 Å². The van der Waals surface area contributed by atoms with Crippen LogP contribution in [-0.4, -0.2) is 26.5 Å². The largest absolute Gasteiger partial charge is 0.455 e. The molecular weight excluding hydrogens is 449 g/mol. The van der Waals surface area contributed by atoms with Crippen molar-refractivity contribution < 1.29 is 13.4 Å². The summed E-state index contributed by atoms with van der Waals surface area (Å²) in [5.41, 5.74) is 5.67. The van der Waals surface area contributed by atoms with Gasteiger partial charge in [0, 0.05) is 16.3 Å². The van der Waals surface area contributed by atoms with Gasteiger partial charge in [-0.25, -0.2) is 14.0 Å². The summed E-state index contributed by atoms with van der Waals surface area (Å²) >= 11 is 6.20. The van der Waals surface area contributed by atoms with E-state index in [4.69, 9.17) is 16.0 Å². The average Bonchev–Trinajstić information content (AvgIpc) is 3.46. The number of rotatable bonds is 6. The van der Waals surface area contributed by atoms with E-state index in [1.54, 1.807) is 18.2 Å². The molecule has 0 saturated heterocycles. The minimum absolute atomic E-state index is 0.203. The fraction of sp³-hybridized carbons (Fsp3) is 0.0455. The molecule has 33 heavy (non-hydrogen) atoms. The van der Waals surface area contributed by atoms with Crippen molar-refractivity contribution in [3.05, 3.63) is 76.8 Å². The fourth-order valence-electron chi connectivity index (χ4n) is 2.95. The molecule has 11 heteroatoms. The third kappa shape index (κ3) is 4.51. The maximum Gasteiger partial charge on any atom is 0.245 e. The normalized spacial score (nSPS) is 11.4. The lowest BCUT2D eigenvalue weighted by Crippen LogP contribution is -2.03. The Balaban J connectivity index is 1.37. The van der Waals surface area contributed by atoms with Gasteiger partial charge in [0.25, 0.3) is 0 Å². The van der Waals surface area contributed by atoms with Crippen LogP contribution in [0.25, 0.3) is 22.6 Å². The van der Waals surface area contributed by atoms with E-state index in [-0.39, 0.29) is 22.9 Å². The summed E-state index contributed by atoms with van der Waals surface area (Å²) in [6, 6.07) is 15.1. The number of anilines is 3.